The van der Waals surface area contributed by atoms with Crippen LogP contribution >= 0.6 is 11.6 Å². The van der Waals surface area contributed by atoms with Crippen LogP contribution in [0.15, 0.2) is 36.5 Å². The van der Waals surface area contributed by atoms with Gasteiger partial charge in [0.25, 0.3) is 0 Å². The van der Waals surface area contributed by atoms with Gasteiger partial charge in [-0.2, -0.15) is 9.61 Å². The van der Waals surface area contributed by atoms with Crippen molar-refractivity contribution in [2.45, 2.75) is 6.42 Å². The SMILES string of the molecule is [B]c1cnn2c(NCCCNS(C)(=O)=O)cc(-c3ccccc3Cl)nc12. The van der Waals surface area contributed by atoms with Crippen molar-refractivity contribution in [3.05, 3.63) is 41.6 Å². The number of hydrogen-bond acceptors (Lipinski definition) is 5. The molecule has 0 fully saturated rings. The lowest BCUT2D eigenvalue weighted by Gasteiger charge is -2.12. The molecule has 2 radical (unpaired) electrons. The fourth-order valence-electron chi connectivity index (χ4n) is 2.48. The second-order valence-electron chi connectivity index (χ2n) is 5.79. The zero-order chi connectivity index (χ0) is 18.7. The van der Waals surface area contributed by atoms with Gasteiger partial charge in [-0.05, 0) is 17.9 Å². The predicted octanol–water partition coefficient (Wildman–Crippen LogP) is 1.19. The maximum Gasteiger partial charge on any atom is 0.208 e. The summed E-state index contributed by atoms with van der Waals surface area (Å²) in [4.78, 5) is 4.56. The second kappa shape index (κ2) is 7.65. The smallest absolute Gasteiger partial charge is 0.208 e. The quantitative estimate of drug-likeness (QED) is 0.468. The molecule has 2 aromatic heterocycles. The molecule has 26 heavy (non-hydrogen) atoms. The lowest BCUT2D eigenvalue weighted by molar-refractivity contribution is 0.586. The minimum atomic E-state index is -3.18. The van der Waals surface area contributed by atoms with Crippen molar-refractivity contribution in [1.29, 1.82) is 0 Å². The lowest BCUT2D eigenvalue weighted by Crippen LogP contribution is -2.24. The van der Waals surface area contributed by atoms with E-state index in [2.05, 4.69) is 20.1 Å². The third kappa shape index (κ3) is 4.35. The van der Waals surface area contributed by atoms with Gasteiger partial charge < -0.3 is 5.32 Å². The molecule has 0 bridgehead atoms. The Morgan fingerprint density at radius 2 is 2.04 bits per heavy atom. The molecular weight excluding hydrogens is 373 g/mol. The van der Waals surface area contributed by atoms with Gasteiger partial charge in [-0.1, -0.05) is 29.8 Å². The van der Waals surface area contributed by atoms with Gasteiger partial charge in [-0.3, -0.25) is 0 Å². The molecule has 2 heterocycles. The highest BCUT2D eigenvalue weighted by molar-refractivity contribution is 7.88. The molecule has 7 nitrogen and oxygen atoms in total. The number of benzene rings is 1. The number of sulfonamides is 1. The zero-order valence-corrected chi connectivity index (χ0v) is 15.7. The Balaban J connectivity index is 1.86. The lowest BCUT2D eigenvalue weighted by atomic mass is 10.0. The molecule has 0 spiro atoms. The Morgan fingerprint density at radius 3 is 2.77 bits per heavy atom. The standard InChI is InChI=1S/C16H17BClN5O2S/c1-26(24,25)21-8-4-7-19-15-9-14(11-5-2-3-6-13(11)18)22-16-12(17)10-20-23(15)16/h2-3,5-6,9-10,19,21H,4,7-8H2,1H3. The molecular formula is C16H17BClN5O2S. The maximum absolute atomic E-state index is 11.1. The van der Waals surface area contributed by atoms with Crippen LogP contribution in [0.1, 0.15) is 6.42 Å². The summed E-state index contributed by atoms with van der Waals surface area (Å²) in [5.41, 5.74) is 2.45. The van der Waals surface area contributed by atoms with E-state index in [9.17, 15) is 8.42 Å². The number of rotatable bonds is 7. The molecule has 3 rings (SSSR count). The van der Waals surface area contributed by atoms with Crippen LogP contribution in [0, 0.1) is 0 Å². The van der Waals surface area contributed by atoms with Gasteiger partial charge in [-0.15, -0.1) is 0 Å². The number of fused-ring (bicyclic) bond motifs is 1. The first-order valence-electron chi connectivity index (χ1n) is 7.93. The summed E-state index contributed by atoms with van der Waals surface area (Å²) in [6.45, 7) is 0.891. The highest BCUT2D eigenvalue weighted by Crippen LogP contribution is 2.28. The topological polar surface area (TPSA) is 88.4 Å². The van der Waals surface area contributed by atoms with Crippen molar-refractivity contribution >= 4 is 46.4 Å². The molecule has 0 aliphatic rings. The molecule has 0 saturated heterocycles. The summed E-state index contributed by atoms with van der Waals surface area (Å²) in [6.07, 6.45) is 3.28. The molecule has 134 valence electrons. The van der Waals surface area contributed by atoms with Gasteiger partial charge in [0.15, 0.2) is 5.65 Å². The minimum absolute atomic E-state index is 0.346. The molecule has 0 atom stereocenters. The van der Waals surface area contributed by atoms with E-state index < -0.39 is 10.0 Å². The van der Waals surface area contributed by atoms with Crippen molar-refractivity contribution in [3.63, 3.8) is 0 Å². The first kappa shape index (κ1) is 18.7. The summed E-state index contributed by atoms with van der Waals surface area (Å²) in [7, 11) is 2.79. The molecule has 0 unspecified atom stereocenters. The highest BCUT2D eigenvalue weighted by Gasteiger charge is 2.12. The molecule has 0 aliphatic carbocycles. The van der Waals surface area contributed by atoms with Gasteiger partial charge in [0.05, 0.1) is 11.9 Å². The fourth-order valence-corrected chi connectivity index (χ4v) is 3.22. The highest BCUT2D eigenvalue weighted by atomic mass is 35.5. The number of anilines is 1. The third-order valence-corrected chi connectivity index (χ3v) is 4.73. The number of nitrogens with one attached hydrogen (secondary N) is 2. The van der Waals surface area contributed by atoms with Gasteiger partial charge in [0.1, 0.15) is 13.7 Å². The van der Waals surface area contributed by atoms with Crippen LogP contribution in [0.3, 0.4) is 0 Å². The van der Waals surface area contributed by atoms with Crippen molar-refractivity contribution in [1.82, 2.24) is 19.3 Å². The Kier molecular flexibility index (Phi) is 5.50. The van der Waals surface area contributed by atoms with Crippen LogP contribution in [0.2, 0.25) is 5.02 Å². The van der Waals surface area contributed by atoms with E-state index in [0.29, 0.717) is 47.2 Å². The van der Waals surface area contributed by atoms with E-state index in [1.807, 2.05) is 24.3 Å². The van der Waals surface area contributed by atoms with E-state index in [4.69, 9.17) is 19.4 Å². The summed E-state index contributed by atoms with van der Waals surface area (Å²) >= 11 is 6.29. The predicted molar refractivity (Wildman–Crippen MR) is 105 cm³/mol. The molecule has 3 aromatic rings. The Morgan fingerprint density at radius 1 is 1.27 bits per heavy atom. The van der Waals surface area contributed by atoms with Crippen molar-refractivity contribution in [2.24, 2.45) is 0 Å². The second-order valence-corrected chi connectivity index (χ2v) is 8.03. The largest absolute Gasteiger partial charge is 0.370 e. The Labute approximate surface area is 158 Å². The zero-order valence-electron chi connectivity index (χ0n) is 14.1. The van der Waals surface area contributed by atoms with E-state index >= 15 is 0 Å². The summed E-state index contributed by atoms with van der Waals surface area (Å²) in [5, 5.41) is 8.07. The van der Waals surface area contributed by atoms with Gasteiger partial charge >= 0.3 is 0 Å². The molecule has 2 N–H and O–H groups in total. The third-order valence-electron chi connectivity index (χ3n) is 3.67. The van der Waals surface area contributed by atoms with Crippen LogP contribution < -0.4 is 15.5 Å². The molecule has 1 aromatic carbocycles. The van der Waals surface area contributed by atoms with Crippen LogP contribution in [-0.4, -0.2) is 50.2 Å². The average molecular weight is 390 g/mol. The normalized spacial score (nSPS) is 11.8. The summed E-state index contributed by atoms with van der Waals surface area (Å²) < 4.78 is 26.3. The van der Waals surface area contributed by atoms with E-state index in [1.54, 1.807) is 10.6 Å². The van der Waals surface area contributed by atoms with Crippen LogP contribution in [0.25, 0.3) is 16.9 Å². The molecule has 0 saturated carbocycles. The van der Waals surface area contributed by atoms with E-state index in [-0.39, 0.29) is 0 Å². The average Bonchev–Trinajstić information content (AvgIpc) is 2.95. The molecule has 10 heteroatoms. The Bertz CT molecular complexity index is 1040. The number of halogens is 1. The number of nitrogens with zero attached hydrogens (tertiary/aromatic N) is 3. The van der Waals surface area contributed by atoms with E-state index in [0.717, 1.165) is 11.8 Å². The molecule has 0 amide bonds. The van der Waals surface area contributed by atoms with Crippen LogP contribution in [-0.2, 0) is 10.0 Å². The summed E-state index contributed by atoms with van der Waals surface area (Å²) in [6, 6.07) is 9.26. The van der Waals surface area contributed by atoms with Crippen molar-refractivity contribution < 1.29 is 8.42 Å². The van der Waals surface area contributed by atoms with E-state index in [1.165, 1.54) is 6.20 Å². The van der Waals surface area contributed by atoms with Gasteiger partial charge in [0.2, 0.25) is 10.0 Å². The summed E-state index contributed by atoms with van der Waals surface area (Å²) in [5.74, 6) is 0.695. The first-order valence-corrected chi connectivity index (χ1v) is 10.2. The van der Waals surface area contributed by atoms with Crippen molar-refractivity contribution in [2.75, 3.05) is 24.7 Å². The van der Waals surface area contributed by atoms with Crippen LogP contribution in [0.5, 0.6) is 0 Å². The monoisotopic (exact) mass is 389 g/mol. The first-order chi connectivity index (χ1) is 12.3. The van der Waals surface area contributed by atoms with Gasteiger partial charge in [-0.25, -0.2) is 18.1 Å². The van der Waals surface area contributed by atoms with Crippen molar-refractivity contribution in [3.8, 4) is 11.3 Å². The maximum atomic E-state index is 11.1. The number of aromatic nitrogens is 3. The fraction of sp³-hybridized carbons (Fsp3) is 0.250. The molecule has 0 aliphatic heterocycles. The minimum Gasteiger partial charge on any atom is -0.370 e. The van der Waals surface area contributed by atoms with Gasteiger partial charge in [0, 0.05) is 35.9 Å². The van der Waals surface area contributed by atoms with Crippen LogP contribution in [0.4, 0.5) is 5.82 Å². The number of hydrogen-bond donors (Lipinski definition) is 2. The Hall–Kier alpha value is -2.10.